The van der Waals surface area contributed by atoms with Crippen molar-refractivity contribution in [1.82, 2.24) is 0 Å². The van der Waals surface area contributed by atoms with Gasteiger partial charge in [-0.1, -0.05) is 6.07 Å². The van der Waals surface area contributed by atoms with E-state index in [2.05, 4.69) is 0 Å². The fourth-order valence-corrected chi connectivity index (χ4v) is 4.79. The standard InChI is InChI=1S/C15H18FO5PS/c1-4-20-22(19,21-5-2)15(3,16)11-6-7-12-10(8-11)9-13(23-12)14(17)18/h6-9H,4-5H2,1-3H3,(H,17,18)/t15-/m1/s1. The maximum atomic E-state index is 15.3. The normalized spacial score (nSPS) is 14.8. The van der Waals surface area contributed by atoms with Crippen molar-refractivity contribution in [3.63, 3.8) is 0 Å². The SMILES string of the molecule is CCOP(=O)(OCC)[C@@](C)(F)c1ccc2sc(C(=O)O)cc2c1. The molecule has 1 N–H and O–H groups in total. The smallest absolute Gasteiger partial charge is 0.371 e. The van der Waals surface area contributed by atoms with E-state index in [9.17, 15) is 9.36 Å². The van der Waals surface area contributed by atoms with E-state index in [1.807, 2.05) is 0 Å². The molecule has 0 spiro atoms. The second kappa shape index (κ2) is 6.69. The number of carbonyl (C=O) groups is 1. The minimum atomic E-state index is -4.01. The first kappa shape index (κ1) is 18.1. The molecule has 0 saturated carbocycles. The van der Waals surface area contributed by atoms with Gasteiger partial charge < -0.3 is 14.2 Å². The van der Waals surface area contributed by atoms with Crippen molar-refractivity contribution < 1.29 is 27.9 Å². The largest absolute Gasteiger partial charge is 0.477 e. The number of carboxylic acids is 1. The first-order chi connectivity index (χ1) is 10.7. The van der Waals surface area contributed by atoms with Crippen molar-refractivity contribution in [2.24, 2.45) is 0 Å². The van der Waals surface area contributed by atoms with E-state index < -0.39 is 19.0 Å². The highest BCUT2D eigenvalue weighted by Gasteiger charge is 2.49. The summed E-state index contributed by atoms with van der Waals surface area (Å²) in [7, 11) is -4.01. The molecular weight excluding hydrogens is 342 g/mol. The van der Waals surface area contributed by atoms with Crippen LogP contribution in [0.25, 0.3) is 10.1 Å². The molecule has 0 saturated heterocycles. The number of halogens is 1. The van der Waals surface area contributed by atoms with E-state index in [0.717, 1.165) is 18.3 Å². The fourth-order valence-electron chi connectivity index (χ4n) is 2.21. The van der Waals surface area contributed by atoms with Gasteiger partial charge in [0, 0.05) is 10.3 Å². The van der Waals surface area contributed by atoms with E-state index in [1.54, 1.807) is 19.9 Å². The van der Waals surface area contributed by atoms with Crippen LogP contribution in [0.15, 0.2) is 24.3 Å². The van der Waals surface area contributed by atoms with Crippen molar-refractivity contribution >= 4 is 35.0 Å². The summed E-state index contributed by atoms with van der Waals surface area (Å²) in [5.74, 6) is -1.04. The Kier molecular flexibility index (Phi) is 5.26. The van der Waals surface area contributed by atoms with Gasteiger partial charge in [-0.15, -0.1) is 11.3 Å². The van der Waals surface area contributed by atoms with E-state index >= 15 is 4.39 Å². The Morgan fingerprint density at radius 2 is 1.91 bits per heavy atom. The van der Waals surface area contributed by atoms with Crippen LogP contribution >= 0.6 is 18.9 Å². The molecule has 1 heterocycles. The number of alkyl halides is 1. The van der Waals surface area contributed by atoms with Gasteiger partial charge in [-0.2, -0.15) is 0 Å². The van der Waals surface area contributed by atoms with Crippen LogP contribution in [0.3, 0.4) is 0 Å². The third-order valence-corrected chi connectivity index (χ3v) is 6.95. The monoisotopic (exact) mass is 360 g/mol. The number of thiophene rings is 1. The van der Waals surface area contributed by atoms with Crippen LogP contribution in [0.4, 0.5) is 4.39 Å². The molecule has 1 aromatic carbocycles. The highest BCUT2D eigenvalue weighted by molar-refractivity contribution is 7.54. The first-order valence-corrected chi connectivity index (χ1v) is 9.46. The summed E-state index contributed by atoms with van der Waals surface area (Å²) in [6, 6.07) is 6.05. The summed E-state index contributed by atoms with van der Waals surface area (Å²) in [5.41, 5.74) is 0.130. The van der Waals surface area contributed by atoms with Crippen LogP contribution in [0.2, 0.25) is 0 Å². The lowest BCUT2D eigenvalue weighted by Crippen LogP contribution is -2.19. The molecule has 1 atom stereocenters. The number of hydrogen-bond donors (Lipinski definition) is 1. The van der Waals surface area contributed by atoms with Gasteiger partial charge in [-0.25, -0.2) is 9.18 Å². The zero-order chi connectivity index (χ0) is 17.3. The van der Waals surface area contributed by atoms with E-state index in [0.29, 0.717) is 10.1 Å². The van der Waals surface area contributed by atoms with Crippen molar-refractivity contribution in [3.05, 3.63) is 34.7 Å². The topological polar surface area (TPSA) is 72.8 Å². The molecule has 0 radical (unpaired) electrons. The lowest BCUT2D eigenvalue weighted by molar-refractivity contribution is 0.0702. The number of aromatic carboxylic acids is 1. The van der Waals surface area contributed by atoms with Gasteiger partial charge in [0.05, 0.1) is 13.2 Å². The fraction of sp³-hybridized carbons (Fsp3) is 0.400. The van der Waals surface area contributed by atoms with Gasteiger partial charge in [-0.05, 0) is 44.4 Å². The third-order valence-electron chi connectivity index (χ3n) is 3.37. The van der Waals surface area contributed by atoms with Crippen molar-refractivity contribution in [1.29, 1.82) is 0 Å². The average Bonchev–Trinajstić information content (AvgIpc) is 2.90. The quantitative estimate of drug-likeness (QED) is 0.703. The molecular formula is C15H18FO5PS. The predicted octanol–water partition coefficient (Wildman–Crippen LogP) is 5.01. The molecule has 0 amide bonds. The minimum Gasteiger partial charge on any atom is -0.477 e. The first-order valence-electron chi connectivity index (χ1n) is 7.10. The molecule has 23 heavy (non-hydrogen) atoms. The second-order valence-electron chi connectivity index (χ2n) is 4.95. The molecule has 0 aliphatic carbocycles. The summed E-state index contributed by atoms with van der Waals surface area (Å²) in [5, 5.41) is 7.28. The summed E-state index contributed by atoms with van der Waals surface area (Å²) in [6.45, 7) is 4.50. The lowest BCUT2D eigenvalue weighted by Gasteiger charge is -2.29. The number of fused-ring (bicyclic) bond motifs is 1. The van der Waals surface area contributed by atoms with Crippen LogP contribution in [-0.2, 0) is 19.0 Å². The van der Waals surface area contributed by atoms with Gasteiger partial charge in [0.1, 0.15) is 4.88 Å². The third kappa shape index (κ3) is 3.33. The Labute approximate surface area is 137 Å². The zero-order valence-corrected chi connectivity index (χ0v) is 14.7. The van der Waals surface area contributed by atoms with Crippen LogP contribution in [0.1, 0.15) is 36.0 Å². The van der Waals surface area contributed by atoms with E-state index in [-0.39, 0.29) is 23.7 Å². The van der Waals surface area contributed by atoms with Crippen LogP contribution in [0, 0.1) is 0 Å². The maximum absolute atomic E-state index is 15.3. The molecule has 0 bridgehead atoms. The Morgan fingerprint density at radius 3 is 2.43 bits per heavy atom. The predicted molar refractivity (Wildman–Crippen MR) is 88.1 cm³/mol. The second-order valence-corrected chi connectivity index (χ2v) is 8.39. The lowest BCUT2D eigenvalue weighted by atomic mass is 10.1. The van der Waals surface area contributed by atoms with Crippen molar-refractivity contribution in [2.75, 3.05) is 13.2 Å². The molecule has 2 rings (SSSR count). The molecule has 0 aliphatic heterocycles. The Morgan fingerprint density at radius 1 is 1.30 bits per heavy atom. The minimum absolute atomic E-state index is 0.0562. The molecule has 0 unspecified atom stereocenters. The highest BCUT2D eigenvalue weighted by atomic mass is 32.1. The van der Waals surface area contributed by atoms with Crippen molar-refractivity contribution in [2.45, 2.75) is 26.2 Å². The van der Waals surface area contributed by atoms with Gasteiger partial charge >= 0.3 is 13.6 Å². The van der Waals surface area contributed by atoms with E-state index in [4.69, 9.17) is 14.2 Å². The molecule has 126 valence electrons. The summed E-state index contributed by atoms with van der Waals surface area (Å²) >= 11 is 1.10. The van der Waals surface area contributed by atoms with Gasteiger partial charge in [0.25, 0.3) is 0 Å². The van der Waals surface area contributed by atoms with E-state index in [1.165, 1.54) is 18.2 Å². The van der Waals surface area contributed by atoms with Gasteiger partial charge in [0.2, 0.25) is 5.41 Å². The maximum Gasteiger partial charge on any atom is 0.371 e. The average molecular weight is 360 g/mol. The summed E-state index contributed by atoms with van der Waals surface area (Å²) < 4.78 is 39.0. The number of hydrogen-bond acceptors (Lipinski definition) is 5. The molecule has 1 aromatic heterocycles. The van der Waals surface area contributed by atoms with Crippen molar-refractivity contribution in [3.8, 4) is 0 Å². The Bertz CT molecular complexity index is 760. The molecule has 5 nitrogen and oxygen atoms in total. The summed E-state index contributed by atoms with van der Waals surface area (Å²) in [6.07, 6.45) is 0. The number of benzene rings is 1. The number of carboxylic acid groups (broad SMARTS) is 1. The molecule has 2 aromatic rings. The molecule has 0 aliphatic rings. The number of rotatable bonds is 7. The van der Waals surface area contributed by atoms with Gasteiger partial charge in [-0.3, -0.25) is 4.57 Å². The van der Waals surface area contributed by atoms with Crippen LogP contribution < -0.4 is 0 Å². The zero-order valence-electron chi connectivity index (χ0n) is 13.0. The van der Waals surface area contributed by atoms with Gasteiger partial charge in [0.15, 0.2) is 0 Å². The Hall–Kier alpha value is -1.27. The highest BCUT2D eigenvalue weighted by Crippen LogP contribution is 2.65. The summed E-state index contributed by atoms with van der Waals surface area (Å²) in [4.78, 5) is 11.2. The molecule has 0 fully saturated rings. The Balaban J connectivity index is 2.51. The molecule has 8 heteroatoms. The van der Waals surface area contributed by atoms with Crippen LogP contribution in [0.5, 0.6) is 0 Å². The van der Waals surface area contributed by atoms with Crippen LogP contribution in [-0.4, -0.2) is 24.3 Å².